The van der Waals surface area contributed by atoms with E-state index in [4.69, 9.17) is 0 Å². The normalized spacial score (nSPS) is 11.3. The third-order valence-electron chi connectivity index (χ3n) is 4.92. The minimum atomic E-state index is -0.361. The van der Waals surface area contributed by atoms with E-state index in [2.05, 4.69) is 22.1 Å². The molecule has 1 aromatic heterocycles. The summed E-state index contributed by atoms with van der Waals surface area (Å²) >= 11 is 1.15. The highest BCUT2D eigenvalue weighted by atomic mass is 32.2. The van der Waals surface area contributed by atoms with E-state index in [-0.39, 0.29) is 23.0 Å². The molecule has 1 amide bonds. The molecule has 33 heavy (non-hydrogen) atoms. The molecule has 0 saturated heterocycles. The zero-order valence-corrected chi connectivity index (χ0v) is 18.8. The number of aromatic hydroxyl groups is 1. The Bertz CT molecular complexity index is 1460. The SMILES string of the molecule is C=C(C)Cn1c(SCC(=O)N/N=C/c2c(O)ccc3ccccc23)nc2ccccc2c1=O. The van der Waals surface area contributed by atoms with E-state index >= 15 is 0 Å². The van der Waals surface area contributed by atoms with Gasteiger partial charge in [0.05, 0.1) is 22.9 Å². The summed E-state index contributed by atoms with van der Waals surface area (Å²) in [6.45, 7) is 6.04. The van der Waals surface area contributed by atoms with Crippen LogP contribution in [0.4, 0.5) is 0 Å². The van der Waals surface area contributed by atoms with Crippen molar-refractivity contribution in [1.82, 2.24) is 15.0 Å². The fraction of sp³-hybridized carbons (Fsp3) is 0.120. The van der Waals surface area contributed by atoms with Crippen molar-refractivity contribution < 1.29 is 9.90 Å². The molecule has 8 heteroatoms. The number of nitrogens with zero attached hydrogens (tertiary/aromatic N) is 3. The van der Waals surface area contributed by atoms with Gasteiger partial charge in [0.25, 0.3) is 11.5 Å². The Morgan fingerprint density at radius 3 is 2.67 bits per heavy atom. The smallest absolute Gasteiger partial charge is 0.262 e. The van der Waals surface area contributed by atoms with Crippen molar-refractivity contribution >= 4 is 45.6 Å². The number of thioether (sulfide) groups is 1. The molecule has 3 aromatic carbocycles. The summed E-state index contributed by atoms with van der Waals surface area (Å²) in [6, 6.07) is 18.1. The number of para-hydroxylation sites is 1. The van der Waals surface area contributed by atoms with Gasteiger partial charge in [-0.1, -0.05) is 66.4 Å². The molecule has 4 rings (SSSR count). The van der Waals surface area contributed by atoms with Gasteiger partial charge in [0.2, 0.25) is 0 Å². The van der Waals surface area contributed by atoms with Crippen molar-refractivity contribution in [2.24, 2.45) is 5.10 Å². The number of hydrazone groups is 1. The number of carbonyl (C=O) groups is 1. The average molecular weight is 459 g/mol. The van der Waals surface area contributed by atoms with Crippen LogP contribution in [0.15, 0.2) is 87.9 Å². The Labute approximate surface area is 194 Å². The Kier molecular flexibility index (Phi) is 6.55. The molecule has 0 spiro atoms. The van der Waals surface area contributed by atoms with E-state index in [1.807, 2.05) is 43.3 Å². The number of nitrogens with one attached hydrogen (secondary N) is 1. The second-order valence-corrected chi connectivity index (χ2v) is 8.50. The monoisotopic (exact) mass is 458 g/mol. The molecule has 2 N–H and O–H groups in total. The Hall–Kier alpha value is -3.91. The van der Waals surface area contributed by atoms with E-state index in [0.29, 0.717) is 28.2 Å². The van der Waals surface area contributed by atoms with Crippen LogP contribution in [0.3, 0.4) is 0 Å². The fourth-order valence-corrected chi connectivity index (χ4v) is 4.21. The predicted octanol–water partition coefficient (Wildman–Crippen LogP) is 4.07. The first kappa shape index (κ1) is 22.3. The van der Waals surface area contributed by atoms with E-state index in [9.17, 15) is 14.7 Å². The molecular weight excluding hydrogens is 436 g/mol. The molecule has 0 fully saturated rings. The maximum absolute atomic E-state index is 12.9. The number of hydrogen-bond donors (Lipinski definition) is 2. The first-order valence-electron chi connectivity index (χ1n) is 10.2. The van der Waals surface area contributed by atoms with E-state index in [1.165, 1.54) is 10.8 Å². The number of phenols is 1. The summed E-state index contributed by atoms with van der Waals surface area (Å²) in [7, 11) is 0. The van der Waals surface area contributed by atoms with E-state index in [1.54, 1.807) is 24.3 Å². The number of rotatable bonds is 7. The number of phenolic OH excluding ortho intramolecular Hbond substituents is 1. The summed E-state index contributed by atoms with van der Waals surface area (Å²) in [6.07, 6.45) is 1.42. The van der Waals surface area contributed by atoms with Crippen molar-refractivity contribution in [2.75, 3.05) is 5.75 Å². The van der Waals surface area contributed by atoms with Gasteiger partial charge < -0.3 is 5.11 Å². The largest absolute Gasteiger partial charge is 0.507 e. The molecule has 0 aliphatic heterocycles. The van der Waals surface area contributed by atoms with Crippen LogP contribution in [-0.4, -0.2) is 32.5 Å². The molecule has 0 bridgehead atoms. The highest BCUT2D eigenvalue weighted by Crippen LogP contribution is 2.25. The van der Waals surface area contributed by atoms with Crippen molar-refractivity contribution in [1.29, 1.82) is 0 Å². The number of carbonyl (C=O) groups excluding carboxylic acids is 1. The molecule has 0 atom stereocenters. The van der Waals surface area contributed by atoms with Crippen molar-refractivity contribution in [3.63, 3.8) is 0 Å². The van der Waals surface area contributed by atoms with Gasteiger partial charge in [-0.05, 0) is 35.9 Å². The lowest BCUT2D eigenvalue weighted by Crippen LogP contribution is -2.25. The average Bonchev–Trinajstić information content (AvgIpc) is 2.81. The molecule has 0 aliphatic carbocycles. The molecule has 166 valence electrons. The lowest BCUT2D eigenvalue weighted by Gasteiger charge is -2.12. The third kappa shape index (κ3) is 4.96. The van der Waals surface area contributed by atoms with E-state index < -0.39 is 0 Å². The first-order valence-corrected chi connectivity index (χ1v) is 11.2. The van der Waals surface area contributed by atoms with Crippen molar-refractivity contribution in [2.45, 2.75) is 18.6 Å². The van der Waals surface area contributed by atoms with Crippen LogP contribution in [0.2, 0.25) is 0 Å². The van der Waals surface area contributed by atoms with Gasteiger partial charge in [-0.15, -0.1) is 0 Å². The summed E-state index contributed by atoms with van der Waals surface area (Å²) in [5, 5.41) is 16.9. The minimum Gasteiger partial charge on any atom is -0.507 e. The molecule has 1 heterocycles. The zero-order valence-electron chi connectivity index (χ0n) is 18.0. The molecular formula is C25H22N4O3S. The molecule has 0 radical (unpaired) electrons. The predicted molar refractivity (Wildman–Crippen MR) is 133 cm³/mol. The molecule has 4 aromatic rings. The minimum absolute atomic E-state index is 0.0137. The summed E-state index contributed by atoms with van der Waals surface area (Å²) in [4.78, 5) is 29.9. The Balaban J connectivity index is 1.50. The summed E-state index contributed by atoms with van der Waals surface area (Å²) in [5.41, 5.74) is 4.20. The number of benzene rings is 3. The fourth-order valence-electron chi connectivity index (χ4n) is 3.42. The first-order chi connectivity index (χ1) is 15.9. The Morgan fingerprint density at radius 1 is 1.15 bits per heavy atom. The Morgan fingerprint density at radius 2 is 1.88 bits per heavy atom. The molecule has 7 nitrogen and oxygen atoms in total. The number of amides is 1. The molecule has 0 aliphatic rings. The number of fused-ring (bicyclic) bond motifs is 2. The molecule has 0 unspecified atom stereocenters. The summed E-state index contributed by atoms with van der Waals surface area (Å²) in [5.74, 6) is -0.273. The second kappa shape index (κ2) is 9.70. The van der Waals surface area contributed by atoms with Crippen LogP contribution in [-0.2, 0) is 11.3 Å². The van der Waals surface area contributed by atoms with Crippen molar-refractivity contribution in [3.05, 3.63) is 88.7 Å². The van der Waals surface area contributed by atoms with Gasteiger partial charge in [-0.2, -0.15) is 5.10 Å². The molecule has 0 saturated carbocycles. The van der Waals surface area contributed by atoms with E-state index in [0.717, 1.165) is 28.1 Å². The van der Waals surface area contributed by atoms with Crippen LogP contribution in [0.1, 0.15) is 12.5 Å². The lowest BCUT2D eigenvalue weighted by molar-refractivity contribution is -0.118. The lowest BCUT2D eigenvalue weighted by atomic mass is 10.0. The van der Waals surface area contributed by atoms with Crippen LogP contribution < -0.4 is 11.0 Å². The van der Waals surface area contributed by atoms with Crippen LogP contribution in [0, 0.1) is 0 Å². The second-order valence-electron chi connectivity index (χ2n) is 7.56. The van der Waals surface area contributed by atoms with Gasteiger partial charge >= 0.3 is 0 Å². The highest BCUT2D eigenvalue weighted by molar-refractivity contribution is 7.99. The van der Waals surface area contributed by atoms with Crippen molar-refractivity contribution in [3.8, 4) is 5.75 Å². The van der Waals surface area contributed by atoms with Gasteiger partial charge in [-0.25, -0.2) is 10.4 Å². The topological polar surface area (TPSA) is 96.6 Å². The van der Waals surface area contributed by atoms with Gasteiger partial charge in [0, 0.05) is 12.1 Å². The van der Waals surface area contributed by atoms with Gasteiger partial charge in [0.1, 0.15) is 5.75 Å². The maximum Gasteiger partial charge on any atom is 0.262 e. The highest BCUT2D eigenvalue weighted by Gasteiger charge is 2.13. The quantitative estimate of drug-likeness (QED) is 0.143. The van der Waals surface area contributed by atoms with Crippen LogP contribution >= 0.6 is 11.8 Å². The maximum atomic E-state index is 12.9. The third-order valence-corrected chi connectivity index (χ3v) is 5.89. The zero-order chi connectivity index (χ0) is 23.4. The standard InChI is InChI=1S/C25H22N4O3S/c1-16(2)14-29-24(32)19-9-5-6-10-21(19)27-25(29)33-15-23(31)28-26-13-20-18-8-4-3-7-17(18)11-12-22(20)30/h3-13,30H,1,14-15H2,2H3,(H,28,31)/b26-13+. The van der Waals surface area contributed by atoms with Gasteiger partial charge in [-0.3, -0.25) is 14.2 Å². The van der Waals surface area contributed by atoms with Gasteiger partial charge in [0.15, 0.2) is 5.16 Å². The van der Waals surface area contributed by atoms with Crippen LogP contribution in [0.25, 0.3) is 21.7 Å². The number of allylic oxidation sites excluding steroid dienone is 1. The number of hydrogen-bond acceptors (Lipinski definition) is 6. The van der Waals surface area contributed by atoms with Crippen LogP contribution in [0.5, 0.6) is 5.75 Å². The number of aromatic nitrogens is 2. The summed E-state index contributed by atoms with van der Waals surface area (Å²) < 4.78 is 1.53.